The molecule has 1 atom stereocenters. The molecular weight excluding hydrogens is 925 g/mol. The molecule has 438 valence electrons. The van der Waals surface area contributed by atoms with Gasteiger partial charge in [0.1, 0.15) is 13.2 Å². The summed E-state index contributed by atoms with van der Waals surface area (Å²) in [4.78, 5) is 38.2. The van der Waals surface area contributed by atoms with Crippen molar-refractivity contribution in [2.24, 2.45) is 0 Å². The molecule has 0 aromatic carbocycles. The first-order chi connectivity index (χ1) is 37.0. The summed E-state index contributed by atoms with van der Waals surface area (Å²) in [5.74, 6) is -0.863. The first-order valence-corrected chi connectivity index (χ1v) is 33.1. The van der Waals surface area contributed by atoms with Crippen LogP contribution in [0.1, 0.15) is 355 Å². The maximum absolute atomic E-state index is 12.9. The molecule has 0 N–H and O–H groups in total. The summed E-state index contributed by atoms with van der Waals surface area (Å²) in [6, 6.07) is 0. The number of allylic oxidation sites excluding steroid dienone is 8. The van der Waals surface area contributed by atoms with Crippen molar-refractivity contribution in [2.45, 2.75) is 361 Å². The third-order valence-corrected chi connectivity index (χ3v) is 14.8. The van der Waals surface area contributed by atoms with Crippen LogP contribution < -0.4 is 0 Å². The van der Waals surface area contributed by atoms with Crippen LogP contribution in [-0.4, -0.2) is 37.2 Å². The van der Waals surface area contributed by atoms with Gasteiger partial charge in [0.25, 0.3) is 0 Å². The van der Waals surface area contributed by atoms with Crippen molar-refractivity contribution < 1.29 is 28.6 Å². The highest BCUT2D eigenvalue weighted by Gasteiger charge is 2.19. The molecule has 0 saturated heterocycles. The number of hydrogen-bond acceptors (Lipinski definition) is 6. The SMILES string of the molecule is CCCCCCC/C=C\C/C=C\C/C=C\CCCCCCCCCCC(=O)OC(COC(=O)CCCCCCCCCCC)COC(=O)CCCCCCCCCCCCCCC/C=C\CCCCCCCCCC. The number of ether oxygens (including phenoxy) is 3. The Morgan fingerprint density at radius 1 is 0.267 bits per heavy atom. The predicted octanol–water partition coefficient (Wildman–Crippen LogP) is 22.6. The van der Waals surface area contributed by atoms with Crippen molar-refractivity contribution in [1.82, 2.24) is 0 Å². The number of rotatable bonds is 61. The molecule has 0 aromatic rings. The van der Waals surface area contributed by atoms with Gasteiger partial charge in [-0.3, -0.25) is 14.4 Å². The summed E-state index contributed by atoms with van der Waals surface area (Å²) in [5.41, 5.74) is 0. The first-order valence-electron chi connectivity index (χ1n) is 33.1. The molecule has 0 bridgehead atoms. The van der Waals surface area contributed by atoms with Gasteiger partial charge in [-0.15, -0.1) is 0 Å². The first kappa shape index (κ1) is 72.4. The highest BCUT2D eigenvalue weighted by atomic mass is 16.6. The zero-order valence-electron chi connectivity index (χ0n) is 50.3. The van der Waals surface area contributed by atoms with Crippen LogP contribution in [0.2, 0.25) is 0 Å². The van der Waals surface area contributed by atoms with E-state index in [2.05, 4.69) is 69.4 Å². The van der Waals surface area contributed by atoms with Gasteiger partial charge in [-0.05, 0) is 83.5 Å². The summed E-state index contributed by atoms with van der Waals surface area (Å²) >= 11 is 0. The monoisotopic (exact) mass is 1050 g/mol. The van der Waals surface area contributed by atoms with Crippen LogP contribution in [0, 0.1) is 0 Å². The molecule has 0 aliphatic carbocycles. The average molecular weight is 1050 g/mol. The number of unbranched alkanes of at least 4 members (excludes halogenated alkanes) is 42. The molecule has 75 heavy (non-hydrogen) atoms. The molecular formula is C69H126O6. The molecule has 0 saturated carbocycles. The van der Waals surface area contributed by atoms with Crippen LogP contribution in [-0.2, 0) is 28.6 Å². The Hall–Kier alpha value is -2.63. The van der Waals surface area contributed by atoms with E-state index < -0.39 is 6.10 Å². The topological polar surface area (TPSA) is 78.9 Å². The average Bonchev–Trinajstić information content (AvgIpc) is 3.41. The Balaban J connectivity index is 4.18. The van der Waals surface area contributed by atoms with Crippen molar-refractivity contribution in [3.63, 3.8) is 0 Å². The maximum atomic E-state index is 12.9. The van der Waals surface area contributed by atoms with Gasteiger partial charge in [-0.25, -0.2) is 0 Å². The molecule has 0 heterocycles. The van der Waals surface area contributed by atoms with E-state index >= 15 is 0 Å². The number of carbonyl (C=O) groups is 3. The second kappa shape index (κ2) is 63.9. The number of esters is 3. The molecule has 0 aliphatic heterocycles. The van der Waals surface area contributed by atoms with Crippen LogP contribution in [0.3, 0.4) is 0 Å². The Labute approximate surface area is 467 Å². The fraction of sp³-hybridized carbons (Fsp3) is 0.841. The van der Waals surface area contributed by atoms with Gasteiger partial charge in [0.15, 0.2) is 6.10 Å². The summed E-state index contributed by atoms with van der Waals surface area (Å²) in [5, 5.41) is 0. The van der Waals surface area contributed by atoms with E-state index in [0.717, 1.165) is 77.0 Å². The van der Waals surface area contributed by atoms with E-state index in [1.807, 2.05) is 0 Å². The van der Waals surface area contributed by atoms with Crippen LogP contribution in [0.25, 0.3) is 0 Å². The third-order valence-electron chi connectivity index (χ3n) is 14.8. The van der Waals surface area contributed by atoms with E-state index in [1.165, 1.54) is 238 Å². The minimum Gasteiger partial charge on any atom is -0.462 e. The van der Waals surface area contributed by atoms with E-state index in [9.17, 15) is 14.4 Å². The van der Waals surface area contributed by atoms with Gasteiger partial charge in [0.05, 0.1) is 0 Å². The molecule has 0 rings (SSSR count). The van der Waals surface area contributed by atoms with Gasteiger partial charge in [0.2, 0.25) is 0 Å². The van der Waals surface area contributed by atoms with E-state index in [-0.39, 0.29) is 31.1 Å². The maximum Gasteiger partial charge on any atom is 0.306 e. The molecule has 0 radical (unpaired) electrons. The van der Waals surface area contributed by atoms with Crippen molar-refractivity contribution in [3.8, 4) is 0 Å². The van der Waals surface area contributed by atoms with Gasteiger partial charge in [0, 0.05) is 19.3 Å². The molecule has 0 spiro atoms. The predicted molar refractivity (Wildman–Crippen MR) is 325 cm³/mol. The van der Waals surface area contributed by atoms with E-state index in [0.29, 0.717) is 19.3 Å². The van der Waals surface area contributed by atoms with Gasteiger partial charge in [-0.2, -0.15) is 0 Å². The van der Waals surface area contributed by atoms with Gasteiger partial charge in [-0.1, -0.05) is 301 Å². The van der Waals surface area contributed by atoms with Crippen LogP contribution >= 0.6 is 0 Å². The standard InChI is InChI=1S/C69H126O6/c1-4-7-10-13-16-19-21-23-25-27-29-31-33-34-36-37-39-41-43-45-47-50-53-56-59-62-68(71)74-65-66(64-73-67(70)61-58-55-52-49-18-15-12-9-6-3)75-69(72)63-60-57-54-51-48-46-44-42-40-38-35-32-30-28-26-24-22-20-17-14-11-8-5-2/h22,24,27-30,35,38,66H,4-21,23,25-26,31-34,36-37,39-65H2,1-3H3/b24-22-,29-27-,30-28-,38-35-. The second-order valence-electron chi connectivity index (χ2n) is 22.4. The summed E-state index contributed by atoms with van der Waals surface area (Å²) < 4.78 is 16.9. The van der Waals surface area contributed by atoms with Gasteiger partial charge < -0.3 is 14.2 Å². The van der Waals surface area contributed by atoms with E-state index in [4.69, 9.17) is 14.2 Å². The van der Waals surface area contributed by atoms with Crippen molar-refractivity contribution in [2.75, 3.05) is 13.2 Å². The molecule has 0 amide bonds. The molecule has 6 nitrogen and oxygen atoms in total. The lowest BCUT2D eigenvalue weighted by molar-refractivity contribution is -0.167. The zero-order valence-corrected chi connectivity index (χ0v) is 50.3. The minimum atomic E-state index is -0.775. The highest BCUT2D eigenvalue weighted by Crippen LogP contribution is 2.17. The lowest BCUT2D eigenvalue weighted by Gasteiger charge is -2.18. The summed E-state index contributed by atoms with van der Waals surface area (Å²) in [6.45, 7) is 6.65. The van der Waals surface area contributed by atoms with Crippen molar-refractivity contribution in [3.05, 3.63) is 48.6 Å². The van der Waals surface area contributed by atoms with Crippen LogP contribution in [0.4, 0.5) is 0 Å². The van der Waals surface area contributed by atoms with Gasteiger partial charge >= 0.3 is 17.9 Å². The van der Waals surface area contributed by atoms with E-state index in [1.54, 1.807) is 0 Å². The Morgan fingerprint density at radius 2 is 0.480 bits per heavy atom. The molecule has 0 fully saturated rings. The molecule has 0 aromatic heterocycles. The number of carbonyl (C=O) groups excluding carboxylic acids is 3. The molecule has 1 unspecified atom stereocenters. The zero-order chi connectivity index (χ0) is 54.3. The lowest BCUT2D eigenvalue weighted by Crippen LogP contribution is -2.30. The fourth-order valence-corrected chi connectivity index (χ4v) is 9.80. The number of hydrogen-bond donors (Lipinski definition) is 0. The van der Waals surface area contributed by atoms with Crippen LogP contribution in [0.5, 0.6) is 0 Å². The summed E-state index contributed by atoms with van der Waals surface area (Å²) in [7, 11) is 0. The quantitative estimate of drug-likeness (QED) is 0.0261. The Bertz CT molecular complexity index is 1300. The smallest absolute Gasteiger partial charge is 0.306 e. The normalized spacial score (nSPS) is 12.3. The van der Waals surface area contributed by atoms with Crippen molar-refractivity contribution in [1.29, 1.82) is 0 Å². The largest absolute Gasteiger partial charge is 0.462 e. The molecule has 0 aliphatic rings. The summed E-state index contributed by atoms with van der Waals surface area (Å²) in [6.07, 6.45) is 79.9. The second-order valence-corrected chi connectivity index (χ2v) is 22.4. The Morgan fingerprint density at radius 3 is 0.760 bits per heavy atom. The highest BCUT2D eigenvalue weighted by molar-refractivity contribution is 5.71. The van der Waals surface area contributed by atoms with Crippen LogP contribution in [0.15, 0.2) is 48.6 Å². The van der Waals surface area contributed by atoms with Crippen molar-refractivity contribution >= 4 is 17.9 Å². The minimum absolute atomic E-state index is 0.0727. The fourth-order valence-electron chi connectivity index (χ4n) is 9.80. The molecule has 6 heteroatoms. The lowest BCUT2D eigenvalue weighted by atomic mass is 10.0. The Kier molecular flexibility index (Phi) is 61.7. The third kappa shape index (κ3) is 62.1.